The summed E-state index contributed by atoms with van der Waals surface area (Å²) in [5.41, 5.74) is 0.951. The lowest BCUT2D eigenvalue weighted by molar-refractivity contribution is 0.174. The topological polar surface area (TPSA) is 49.5 Å². The fraction of sp³-hybridized carbons (Fsp3) is 0.667. The van der Waals surface area contributed by atoms with E-state index in [1.807, 2.05) is 13.0 Å². The number of aliphatic hydroxyl groups is 1. The molecular formula is C9H14N2O2. The van der Waals surface area contributed by atoms with E-state index in [0.29, 0.717) is 0 Å². The monoisotopic (exact) mass is 182 g/mol. The van der Waals surface area contributed by atoms with Gasteiger partial charge in [-0.2, -0.15) is 0 Å². The molecule has 0 aromatic carbocycles. The van der Waals surface area contributed by atoms with Crippen LogP contribution in [0, 0.1) is 6.92 Å². The van der Waals surface area contributed by atoms with Crippen LogP contribution in [0.4, 0.5) is 0 Å². The van der Waals surface area contributed by atoms with Crippen molar-refractivity contribution in [3.05, 3.63) is 17.5 Å². The van der Waals surface area contributed by atoms with E-state index in [9.17, 15) is 5.11 Å². The first kappa shape index (κ1) is 8.72. The molecule has 1 N–H and O–H groups in total. The Morgan fingerprint density at radius 1 is 1.77 bits per heavy atom. The van der Waals surface area contributed by atoms with Crippen molar-refractivity contribution < 1.29 is 9.63 Å². The lowest BCUT2D eigenvalue weighted by Gasteiger charge is -2.11. The molecule has 1 aromatic heterocycles. The third-order valence-corrected chi connectivity index (χ3v) is 2.31. The zero-order valence-corrected chi connectivity index (χ0v) is 7.73. The van der Waals surface area contributed by atoms with E-state index in [4.69, 9.17) is 4.52 Å². The average Bonchev–Trinajstić information content (AvgIpc) is 2.62. The first-order valence-electron chi connectivity index (χ1n) is 4.56. The maximum atomic E-state index is 9.30. The highest BCUT2D eigenvalue weighted by atomic mass is 16.5. The van der Waals surface area contributed by atoms with Gasteiger partial charge in [-0.25, -0.2) is 0 Å². The Hall–Kier alpha value is -0.870. The zero-order valence-electron chi connectivity index (χ0n) is 7.73. The molecule has 4 heteroatoms. The standard InChI is InChI=1S/C9H14N2O2/c1-7-4-8(10-13-7)5-11-3-2-9(12)6-11/h4,9,12H,2-3,5-6H2,1H3/t9-/m1/s1. The Morgan fingerprint density at radius 3 is 3.15 bits per heavy atom. The second-order valence-electron chi connectivity index (χ2n) is 3.61. The van der Waals surface area contributed by atoms with Crippen molar-refractivity contribution in [3.8, 4) is 0 Å². The molecule has 1 saturated heterocycles. The lowest BCUT2D eigenvalue weighted by Crippen LogP contribution is -2.21. The number of rotatable bonds is 2. The molecule has 1 atom stereocenters. The predicted molar refractivity (Wildman–Crippen MR) is 47.1 cm³/mol. The maximum absolute atomic E-state index is 9.30. The Balaban J connectivity index is 1.91. The van der Waals surface area contributed by atoms with Crippen molar-refractivity contribution in [1.29, 1.82) is 0 Å². The highest BCUT2D eigenvalue weighted by Gasteiger charge is 2.20. The molecule has 72 valence electrons. The summed E-state index contributed by atoms with van der Waals surface area (Å²) in [5, 5.41) is 13.2. The minimum atomic E-state index is -0.159. The quantitative estimate of drug-likeness (QED) is 0.725. The van der Waals surface area contributed by atoms with Crippen LogP contribution in [0.5, 0.6) is 0 Å². The molecule has 1 fully saturated rings. The Morgan fingerprint density at radius 2 is 2.62 bits per heavy atom. The average molecular weight is 182 g/mol. The Bertz CT molecular complexity index is 285. The van der Waals surface area contributed by atoms with Crippen LogP contribution in [-0.2, 0) is 6.54 Å². The predicted octanol–water partition coefficient (Wildman–Crippen LogP) is 0.550. The summed E-state index contributed by atoms with van der Waals surface area (Å²) in [4.78, 5) is 2.18. The molecule has 1 aliphatic rings. The highest BCUT2D eigenvalue weighted by Crippen LogP contribution is 2.12. The van der Waals surface area contributed by atoms with E-state index < -0.39 is 0 Å². The molecule has 4 nitrogen and oxygen atoms in total. The van der Waals surface area contributed by atoms with Crippen LogP contribution < -0.4 is 0 Å². The lowest BCUT2D eigenvalue weighted by atomic mass is 10.3. The third kappa shape index (κ3) is 2.08. The SMILES string of the molecule is Cc1cc(CN2CC[C@@H](O)C2)no1. The molecule has 0 aliphatic carbocycles. The molecule has 0 saturated carbocycles. The summed E-state index contributed by atoms with van der Waals surface area (Å²) in [7, 11) is 0. The number of hydrogen-bond acceptors (Lipinski definition) is 4. The van der Waals surface area contributed by atoms with Crippen molar-refractivity contribution in [2.24, 2.45) is 0 Å². The van der Waals surface area contributed by atoms with Crippen molar-refractivity contribution >= 4 is 0 Å². The number of hydrogen-bond donors (Lipinski definition) is 1. The van der Waals surface area contributed by atoms with E-state index in [1.165, 1.54) is 0 Å². The van der Waals surface area contributed by atoms with Crippen LogP contribution in [0.2, 0.25) is 0 Å². The number of aromatic nitrogens is 1. The fourth-order valence-electron chi connectivity index (χ4n) is 1.68. The van der Waals surface area contributed by atoms with E-state index in [1.54, 1.807) is 0 Å². The summed E-state index contributed by atoms with van der Waals surface area (Å²) in [6, 6.07) is 1.94. The summed E-state index contributed by atoms with van der Waals surface area (Å²) in [5.74, 6) is 0.842. The molecule has 0 unspecified atom stereocenters. The van der Waals surface area contributed by atoms with Crippen LogP contribution in [0.15, 0.2) is 10.6 Å². The van der Waals surface area contributed by atoms with Crippen LogP contribution in [0.3, 0.4) is 0 Å². The van der Waals surface area contributed by atoms with Gasteiger partial charge < -0.3 is 9.63 Å². The van der Waals surface area contributed by atoms with E-state index in [-0.39, 0.29) is 6.10 Å². The van der Waals surface area contributed by atoms with E-state index in [2.05, 4.69) is 10.1 Å². The van der Waals surface area contributed by atoms with Crippen LogP contribution in [0.1, 0.15) is 17.9 Å². The molecule has 1 aromatic rings. The number of aliphatic hydroxyl groups excluding tert-OH is 1. The molecule has 0 radical (unpaired) electrons. The number of nitrogens with zero attached hydrogens (tertiary/aromatic N) is 2. The van der Waals surface area contributed by atoms with Gasteiger partial charge in [0.25, 0.3) is 0 Å². The van der Waals surface area contributed by atoms with Crippen molar-refractivity contribution in [2.45, 2.75) is 26.0 Å². The van der Waals surface area contributed by atoms with Gasteiger partial charge in [-0.1, -0.05) is 5.16 Å². The smallest absolute Gasteiger partial charge is 0.133 e. The number of β-amino-alcohol motifs (C(OH)–C–C–N with tert-alkyl or cyclic N) is 1. The van der Waals surface area contributed by atoms with Gasteiger partial charge >= 0.3 is 0 Å². The van der Waals surface area contributed by atoms with Gasteiger partial charge in [0.15, 0.2) is 0 Å². The van der Waals surface area contributed by atoms with Crippen molar-refractivity contribution in [3.63, 3.8) is 0 Å². The Kier molecular flexibility index (Phi) is 2.33. The van der Waals surface area contributed by atoms with Gasteiger partial charge in [0.2, 0.25) is 0 Å². The molecule has 0 bridgehead atoms. The van der Waals surface area contributed by atoms with Gasteiger partial charge in [-0.3, -0.25) is 4.90 Å². The normalized spacial score (nSPS) is 24.0. The van der Waals surface area contributed by atoms with E-state index in [0.717, 1.165) is 37.5 Å². The van der Waals surface area contributed by atoms with Crippen molar-refractivity contribution in [1.82, 2.24) is 10.1 Å². The van der Waals surface area contributed by atoms with Crippen LogP contribution in [-0.4, -0.2) is 34.4 Å². The summed E-state index contributed by atoms with van der Waals surface area (Å²) < 4.78 is 4.96. The fourth-order valence-corrected chi connectivity index (χ4v) is 1.68. The van der Waals surface area contributed by atoms with E-state index >= 15 is 0 Å². The zero-order chi connectivity index (χ0) is 9.26. The summed E-state index contributed by atoms with van der Waals surface area (Å²) >= 11 is 0. The van der Waals surface area contributed by atoms with Gasteiger partial charge in [-0.05, 0) is 13.3 Å². The van der Waals surface area contributed by atoms with Crippen LogP contribution in [0.25, 0.3) is 0 Å². The van der Waals surface area contributed by atoms with Gasteiger partial charge in [0, 0.05) is 25.7 Å². The van der Waals surface area contributed by atoms with Gasteiger partial charge in [0.1, 0.15) is 5.76 Å². The molecule has 0 amide bonds. The first-order chi connectivity index (χ1) is 6.24. The van der Waals surface area contributed by atoms with Crippen LogP contribution >= 0.6 is 0 Å². The van der Waals surface area contributed by atoms with Gasteiger partial charge in [-0.15, -0.1) is 0 Å². The maximum Gasteiger partial charge on any atom is 0.133 e. The molecule has 2 rings (SSSR count). The first-order valence-corrected chi connectivity index (χ1v) is 4.56. The summed E-state index contributed by atoms with van der Waals surface area (Å²) in [6.45, 7) is 4.38. The highest BCUT2D eigenvalue weighted by molar-refractivity contribution is 5.03. The molecule has 13 heavy (non-hydrogen) atoms. The Labute approximate surface area is 77.1 Å². The largest absolute Gasteiger partial charge is 0.392 e. The molecule has 1 aliphatic heterocycles. The minimum Gasteiger partial charge on any atom is -0.392 e. The molecule has 2 heterocycles. The number of aryl methyl sites for hydroxylation is 1. The van der Waals surface area contributed by atoms with Gasteiger partial charge in [0.05, 0.1) is 11.8 Å². The second kappa shape index (κ2) is 3.47. The molecule has 0 spiro atoms. The third-order valence-electron chi connectivity index (χ3n) is 2.31. The summed E-state index contributed by atoms with van der Waals surface area (Å²) in [6.07, 6.45) is 0.713. The second-order valence-corrected chi connectivity index (χ2v) is 3.61. The molecular weight excluding hydrogens is 168 g/mol. The number of likely N-dealkylation sites (tertiary alicyclic amines) is 1. The minimum absolute atomic E-state index is 0.159. The van der Waals surface area contributed by atoms with Crippen molar-refractivity contribution in [2.75, 3.05) is 13.1 Å².